The fraction of sp³-hybridized carbons (Fsp3) is 1.00. The van der Waals surface area contributed by atoms with Gasteiger partial charge in [-0.1, -0.05) is 6.92 Å². The van der Waals surface area contributed by atoms with Gasteiger partial charge in [-0.3, -0.25) is 0 Å². The zero-order valence-electron chi connectivity index (χ0n) is 8.27. The van der Waals surface area contributed by atoms with E-state index in [9.17, 15) is 13.2 Å². The summed E-state index contributed by atoms with van der Waals surface area (Å²) in [6.45, 7) is 1.67. The fourth-order valence-electron chi connectivity index (χ4n) is 0.916. The molecule has 0 fully saturated rings. The molecule has 2 unspecified atom stereocenters. The van der Waals surface area contributed by atoms with Crippen molar-refractivity contribution in [1.29, 1.82) is 0 Å². The maximum Gasteiger partial charge on any atom is 0.415 e. The molecule has 0 saturated carbocycles. The van der Waals surface area contributed by atoms with Gasteiger partial charge in [0, 0.05) is 19.7 Å². The third-order valence-corrected chi connectivity index (χ3v) is 1.84. The van der Waals surface area contributed by atoms with Crippen molar-refractivity contribution in [3.63, 3.8) is 0 Å². The number of ether oxygens (including phenoxy) is 1. The van der Waals surface area contributed by atoms with Crippen LogP contribution in [0.4, 0.5) is 13.2 Å². The third-order valence-electron chi connectivity index (χ3n) is 1.84. The van der Waals surface area contributed by atoms with Gasteiger partial charge in [-0.25, -0.2) is 0 Å². The van der Waals surface area contributed by atoms with Crippen LogP contribution < -0.4 is 5.32 Å². The molecule has 3 nitrogen and oxygen atoms in total. The summed E-state index contributed by atoms with van der Waals surface area (Å²) in [4.78, 5) is 0. The second kappa shape index (κ2) is 6.21. The van der Waals surface area contributed by atoms with Gasteiger partial charge in [0.2, 0.25) is 0 Å². The molecule has 0 amide bonds. The van der Waals surface area contributed by atoms with Gasteiger partial charge in [0.25, 0.3) is 0 Å². The molecule has 2 N–H and O–H groups in total. The van der Waals surface area contributed by atoms with E-state index in [2.05, 4.69) is 5.32 Å². The van der Waals surface area contributed by atoms with E-state index >= 15 is 0 Å². The molecular weight excluding hydrogens is 199 g/mol. The molecule has 0 saturated heterocycles. The largest absolute Gasteiger partial charge is 0.415 e. The smallest absolute Gasteiger partial charge is 0.383 e. The predicted molar refractivity (Wildman–Crippen MR) is 46.0 cm³/mol. The maximum atomic E-state index is 11.9. The van der Waals surface area contributed by atoms with Gasteiger partial charge in [0.1, 0.15) is 0 Å². The summed E-state index contributed by atoms with van der Waals surface area (Å²) < 4.78 is 40.4. The Morgan fingerprint density at radius 3 is 2.36 bits per heavy atom. The number of hydrogen-bond acceptors (Lipinski definition) is 3. The molecule has 0 aromatic carbocycles. The molecule has 0 radical (unpaired) electrons. The van der Waals surface area contributed by atoms with Gasteiger partial charge < -0.3 is 15.2 Å². The lowest BCUT2D eigenvalue weighted by Gasteiger charge is -2.20. The highest BCUT2D eigenvalue weighted by atomic mass is 19.4. The minimum Gasteiger partial charge on any atom is -0.383 e. The second-order valence-corrected chi connectivity index (χ2v) is 3.03. The highest BCUT2D eigenvalue weighted by molar-refractivity contribution is 4.72. The van der Waals surface area contributed by atoms with E-state index in [4.69, 9.17) is 9.84 Å². The van der Waals surface area contributed by atoms with Gasteiger partial charge in [0.15, 0.2) is 6.10 Å². The summed E-state index contributed by atoms with van der Waals surface area (Å²) in [6, 6.07) is -0.156. The van der Waals surface area contributed by atoms with Crippen molar-refractivity contribution < 1.29 is 23.0 Å². The third kappa shape index (κ3) is 5.41. The molecular formula is C8H16F3NO2. The molecule has 14 heavy (non-hydrogen) atoms. The summed E-state index contributed by atoms with van der Waals surface area (Å²) in [5.74, 6) is 0. The molecule has 6 heteroatoms. The van der Waals surface area contributed by atoms with Gasteiger partial charge in [-0.15, -0.1) is 0 Å². The average Bonchev–Trinajstić information content (AvgIpc) is 2.10. The Bertz CT molecular complexity index is 152. The molecule has 0 heterocycles. The molecule has 0 aliphatic heterocycles. The van der Waals surface area contributed by atoms with E-state index < -0.39 is 18.8 Å². The molecule has 0 aromatic rings. The molecule has 0 aliphatic rings. The average molecular weight is 215 g/mol. The number of alkyl halides is 3. The summed E-state index contributed by atoms with van der Waals surface area (Å²) >= 11 is 0. The van der Waals surface area contributed by atoms with Gasteiger partial charge in [0.05, 0.1) is 6.61 Å². The molecule has 0 aliphatic carbocycles. The van der Waals surface area contributed by atoms with Crippen molar-refractivity contribution in [2.45, 2.75) is 31.7 Å². The lowest BCUT2D eigenvalue weighted by atomic mass is 10.2. The minimum absolute atomic E-state index is 0.156. The molecule has 0 aromatic heterocycles. The van der Waals surface area contributed by atoms with E-state index in [1.165, 1.54) is 7.11 Å². The van der Waals surface area contributed by atoms with Crippen LogP contribution in [0.1, 0.15) is 13.3 Å². The Balaban J connectivity index is 3.79. The first-order valence-electron chi connectivity index (χ1n) is 4.38. The number of rotatable bonds is 6. The first kappa shape index (κ1) is 13.7. The van der Waals surface area contributed by atoms with E-state index in [0.29, 0.717) is 13.0 Å². The number of aliphatic hydroxyl groups is 1. The predicted octanol–water partition coefficient (Wildman–Crippen LogP) is 0.924. The van der Waals surface area contributed by atoms with Crippen molar-refractivity contribution in [2.24, 2.45) is 0 Å². The van der Waals surface area contributed by atoms with Gasteiger partial charge in [-0.05, 0) is 6.42 Å². The Morgan fingerprint density at radius 2 is 2.00 bits per heavy atom. The first-order chi connectivity index (χ1) is 6.41. The van der Waals surface area contributed by atoms with Crippen LogP contribution in [0.5, 0.6) is 0 Å². The second-order valence-electron chi connectivity index (χ2n) is 3.03. The van der Waals surface area contributed by atoms with Crippen LogP contribution >= 0.6 is 0 Å². The summed E-state index contributed by atoms with van der Waals surface area (Å²) in [5, 5.41) is 11.3. The Morgan fingerprint density at radius 1 is 1.43 bits per heavy atom. The highest BCUT2D eigenvalue weighted by Crippen LogP contribution is 2.19. The van der Waals surface area contributed by atoms with E-state index in [1.54, 1.807) is 0 Å². The molecule has 86 valence electrons. The number of hydrogen-bond donors (Lipinski definition) is 2. The van der Waals surface area contributed by atoms with Crippen LogP contribution in [0.25, 0.3) is 0 Å². The molecule has 0 spiro atoms. The summed E-state index contributed by atoms with van der Waals surface area (Å²) in [7, 11) is 1.48. The number of halogens is 3. The van der Waals surface area contributed by atoms with Crippen LogP contribution in [-0.4, -0.2) is 43.7 Å². The Hall–Kier alpha value is -0.330. The first-order valence-corrected chi connectivity index (χ1v) is 4.38. The van der Waals surface area contributed by atoms with Crippen LogP contribution in [0.2, 0.25) is 0 Å². The normalized spacial score (nSPS) is 16.7. The standard InChI is InChI=1S/C8H16F3NO2/c1-3-6(5-14-2)12-4-7(13)8(9,10)11/h6-7,12-13H,3-5H2,1-2H3. The molecule has 0 rings (SSSR count). The van der Waals surface area contributed by atoms with Crippen molar-refractivity contribution in [2.75, 3.05) is 20.3 Å². The summed E-state index contributed by atoms with van der Waals surface area (Å²) in [6.07, 6.45) is -6.22. The topological polar surface area (TPSA) is 41.5 Å². The van der Waals surface area contributed by atoms with E-state index in [0.717, 1.165) is 0 Å². The number of aliphatic hydroxyl groups excluding tert-OH is 1. The van der Waals surface area contributed by atoms with E-state index in [-0.39, 0.29) is 6.04 Å². The number of nitrogens with one attached hydrogen (secondary N) is 1. The minimum atomic E-state index is -4.56. The van der Waals surface area contributed by atoms with Crippen molar-refractivity contribution in [1.82, 2.24) is 5.32 Å². The van der Waals surface area contributed by atoms with Crippen molar-refractivity contribution >= 4 is 0 Å². The monoisotopic (exact) mass is 215 g/mol. The summed E-state index contributed by atoms with van der Waals surface area (Å²) in [5.41, 5.74) is 0. The van der Waals surface area contributed by atoms with Crippen LogP contribution in [0.15, 0.2) is 0 Å². The van der Waals surface area contributed by atoms with Crippen LogP contribution in [-0.2, 0) is 4.74 Å². The quantitative estimate of drug-likeness (QED) is 0.692. The fourth-order valence-corrected chi connectivity index (χ4v) is 0.916. The zero-order chi connectivity index (χ0) is 11.2. The van der Waals surface area contributed by atoms with Crippen LogP contribution in [0, 0.1) is 0 Å². The highest BCUT2D eigenvalue weighted by Gasteiger charge is 2.37. The molecule has 0 bridgehead atoms. The van der Waals surface area contributed by atoms with Gasteiger partial charge >= 0.3 is 6.18 Å². The Kier molecular flexibility index (Phi) is 6.06. The molecule has 2 atom stereocenters. The lowest BCUT2D eigenvalue weighted by molar-refractivity contribution is -0.202. The van der Waals surface area contributed by atoms with E-state index in [1.807, 2.05) is 6.92 Å². The van der Waals surface area contributed by atoms with Crippen LogP contribution in [0.3, 0.4) is 0 Å². The zero-order valence-corrected chi connectivity index (χ0v) is 8.27. The lowest BCUT2D eigenvalue weighted by Crippen LogP contribution is -2.43. The Labute approximate surface area is 81.2 Å². The maximum absolute atomic E-state index is 11.9. The van der Waals surface area contributed by atoms with Crippen molar-refractivity contribution in [3.8, 4) is 0 Å². The SMILES string of the molecule is CCC(COC)NCC(O)C(F)(F)F. The van der Waals surface area contributed by atoms with Gasteiger partial charge in [-0.2, -0.15) is 13.2 Å². The number of methoxy groups -OCH3 is 1. The van der Waals surface area contributed by atoms with Crippen molar-refractivity contribution in [3.05, 3.63) is 0 Å².